The van der Waals surface area contributed by atoms with Crippen molar-refractivity contribution in [2.45, 2.75) is 33.1 Å². The molecule has 11 N–H and O–H groups in total. The third-order valence-electron chi connectivity index (χ3n) is 3.27. The molecule has 0 saturated heterocycles. The first-order chi connectivity index (χ1) is 12.5. The van der Waals surface area contributed by atoms with Crippen molar-refractivity contribution >= 4 is 22.8 Å². The lowest BCUT2D eigenvalue weighted by molar-refractivity contribution is -0.118. The maximum absolute atomic E-state index is 6.48. The van der Waals surface area contributed by atoms with E-state index in [9.17, 15) is 0 Å². The molecule has 7 heteroatoms. The van der Waals surface area contributed by atoms with Crippen LogP contribution in [0.25, 0.3) is 0 Å². The molecule has 0 spiro atoms. The van der Waals surface area contributed by atoms with Gasteiger partial charge >= 0.3 is 0 Å². The van der Waals surface area contributed by atoms with E-state index in [1.54, 1.807) is 6.26 Å². The molecule has 0 aliphatic rings. The molecular formula is C21H38N5OS+. The van der Waals surface area contributed by atoms with Crippen molar-refractivity contribution in [1.29, 1.82) is 5.41 Å². The van der Waals surface area contributed by atoms with E-state index in [0.717, 1.165) is 32.2 Å². The molecule has 0 bridgehead atoms. The van der Waals surface area contributed by atoms with E-state index >= 15 is 0 Å². The summed E-state index contributed by atoms with van der Waals surface area (Å²) in [4.78, 5) is 0. The quantitative estimate of drug-likeness (QED) is 0.361. The molecule has 0 aliphatic carbocycles. The number of thioether (sulfide) groups is 1. The number of rotatable bonds is 6. The van der Waals surface area contributed by atoms with Crippen LogP contribution in [0.1, 0.15) is 31.4 Å². The van der Waals surface area contributed by atoms with Crippen LogP contribution in [0, 0.1) is 5.41 Å². The molecule has 0 unspecified atom stereocenters. The van der Waals surface area contributed by atoms with Crippen LogP contribution in [-0.2, 0) is 12.8 Å². The molecule has 158 valence electrons. The number of amidine groups is 2. The van der Waals surface area contributed by atoms with Crippen LogP contribution in [0.15, 0.2) is 60.7 Å². The predicted octanol–water partition coefficient (Wildman–Crippen LogP) is 1.37. The first-order valence-corrected chi connectivity index (χ1v) is 9.74. The van der Waals surface area contributed by atoms with Crippen LogP contribution < -0.4 is 22.6 Å². The Bertz CT molecular complexity index is 609. The second kappa shape index (κ2) is 21.0. The number of benzene rings is 2. The highest BCUT2D eigenvalue weighted by molar-refractivity contribution is 8.13. The Morgan fingerprint density at radius 1 is 0.929 bits per heavy atom. The largest absolute Gasteiger partial charge is 0.412 e. The van der Waals surface area contributed by atoms with Crippen molar-refractivity contribution in [3.8, 4) is 0 Å². The third-order valence-corrected chi connectivity index (χ3v) is 3.71. The molecule has 2 aromatic rings. The SMILES string of the molecule is C.CSC(=N)N.NC(=[NH2+])CCCc1ccccc1.NCCc1ccccc1.O. The van der Waals surface area contributed by atoms with Crippen molar-refractivity contribution in [3.63, 3.8) is 0 Å². The Morgan fingerprint density at radius 2 is 1.32 bits per heavy atom. The van der Waals surface area contributed by atoms with Gasteiger partial charge in [0.1, 0.15) is 0 Å². The molecule has 2 rings (SSSR count). The Kier molecular flexibility index (Phi) is 22.7. The Hall–Kier alpha value is -2.35. The fourth-order valence-corrected chi connectivity index (χ4v) is 1.95. The minimum Gasteiger partial charge on any atom is -0.412 e. The molecule has 0 heterocycles. The second-order valence-electron chi connectivity index (χ2n) is 5.51. The lowest BCUT2D eigenvalue weighted by Gasteiger charge is -1.97. The van der Waals surface area contributed by atoms with Gasteiger partial charge in [-0.3, -0.25) is 16.6 Å². The minimum atomic E-state index is 0. The standard InChI is InChI=1S/C10H14N2.C8H11N.C2H6N2S.CH4.H2O/c11-10(12)8-4-7-9-5-2-1-3-6-9;9-7-6-8-4-2-1-3-5-8;1-5-2(3)4;;/h1-3,5-6H,4,7-8H2,(H3,11,12);1-5H,6-7,9H2;1H3,(H3,3,4);1H4;1H2/p+1. The van der Waals surface area contributed by atoms with E-state index in [1.807, 2.05) is 36.4 Å². The van der Waals surface area contributed by atoms with Gasteiger partial charge in [-0.15, -0.1) is 0 Å². The van der Waals surface area contributed by atoms with Gasteiger partial charge in [0.2, 0.25) is 5.84 Å². The second-order valence-corrected chi connectivity index (χ2v) is 6.35. The van der Waals surface area contributed by atoms with Gasteiger partial charge in [-0.05, 0) is 43.2 Å². The highest BCUT2D eigenvalue weighted by Crippen LogP contribution is 2.03. The third kappa shape index (κ3) is 20.0. The summed E-state index contributed by atoms with van der Waals surface area (Å²) in [7, 11) is 0. The zero-order chi connectivity index (χ0) is 19.6. The van der Waals surface area contributed by atoms with E-state index in [0.29, 0.717) is 5.84 Å². The molecule has 2 aromatic carbocycles. The summed E-state index contributed by atoms with van der Waals surface area (Å²) in [5.41, 5.74) is 18.2. The van der Waals surface area contributed by atoms with Crippen LogP contribution in [0.3, 0.4) is 0 Å². The summed E-state index contributed by atoms with van der Waals surface area (Å²) in [6.07, 6.45) is 5.66. The average Bonchev–Trinajstić information content (AvgIpc) is 2.64. The lowest BCUT2D eigenvalue weighted by atomic mass is 10.1. The maximum Gasteiger partial charge on any atom is 0.238 e. The topological polar surface area (TPSA) is 159 Å². The van der Waals surface area contributed by atoms with Crippen LogP contribution in [0.2, 0.25) is 0 Å². The van der Waals surface area contributed by atoms with E-state index in [1.165, 1.54) is 22.9 Å². The summed E-state index contributed by atoms with van der Waals surface area (Å²) in [5.74, 6) is 0.533. The Balaban J connectivity index is -0.000000349. The van der Waals surface area contributed by atoms with Gasteiger partial charge in [-0.2, -0.15) is 0 Å². The number of nitrogens with two attached hydrogens (primary N) is 4. The van der Waals surface area contributed by atoms with Gasteiger partial charge in [0.25, 0.3) is 0 Å². The van der Waals surface area contributed by atoms with Gasteiger partial charge in [0.15, 0.2) is 5.17 Å². The van der Waals surface area contributed by atoms with E-state index in [2.05, 4.69) is 24.3 Å². The van der Waals surface area contributed by atoms with Crippen molar-refractivity contribution < 1.29 is 10.9 Å². The van der Waals surface area contributed by atoms with Gasteiger partial charge < -0.3 is 16.9 Å². The summed E-state index contributed by atoms with van der Waals surface area (Å²) >= 11 is 1.24. The summed E-state index contributed by atoms with van der Waals surface area (Å²) in [6, 6.07) is 20.6. The Morgan fingerprint density at radius 3 is 1.64 bits per heavy atom. The van der Waals surface area contributed by atoms with Crippen molar-refractivity contribution in [1.82, 2.24) is 0 Å². The molecule has 0 saturated carbocycles. The number of hydrogen-bond donors (Lipinski definition) is 5. The van der Waals surface area contributed by atoms with Crippen molar-refractivity contribution in [2.24, 2.45) is 17.2 Å². The first-order valence-electron chi connectivity index (χ1n) is 8.52. The number of aryl methyl sites for hydroxylation is 1. The van der Waals surface area contributed by atoms with E-state index in [-0.39, 0.29) is 18.1 Å². The van der Waals surface area contributed by atoms with E-state index in [4.69, 9.17) is 28.0 Å². The van der Waals surface area contributed by atoms with E-state index < -0.39 is 0 Å². The molecule has 0 radical (unpaired) electrons. The molecule has 0 atom stereocenters. The van der Waals surface area contributed by atoms with Crippen LogP contribution in [0.5, 0.6) is 0 Å². The number of nitrogens with one attached hydrogen (secondary N) is 1. The van der Waals surface area contributed by atoms with Crippen molar-refractivity contribution in [3.05, 3.63) is 71.8 Å². The monoisotopic (exact) mass is 408 g/mol. The molecule has 0 aliphatic heterocycles. The van der Waals surface area contributed by atoms with Crippen LogP contribution in [-0.4, -0.2) is 29.3 Å². The smallest absolute Gasteiger partial charge is 0.238 e. The van der Waals surface area contributed by atoms with Gasteiger partial charge in [-0.1, -0.05) is 79.9 Å². The fraction of sp³-hybridized carbons (Fsp3) is 0.333. The van der Waals surface area contributed by atoms with Crippen molar-refractivity contribution in [2.75, 3.05) is 12.8 Å². The zero-order valence-electron chi connectivity index (χ0n) is 16.0. The highest BCUT2D eigenvalue weighted by Gasteiger charge is 1.96. The lowest BCUT2D eigenvalue weighted by Crippen LogP contribution is -2.45. The first kappa shape index (κ1) is 30.4. The minimum absolute atomic E-state index is 0. The molecule has 0 amide bonds. The van der Waals surface area contributed by atoms with Gasteiger partial charge in [0, 0.05) is 6.42 Å². The zero-order valence-corrected chi connectivity index (χ0v) is 16.8. The maximum atomic E-state index is 6.48. The average molecular weight is 409 g/mol. The fourth-order valence-electron chi connectivity index (χ4n) is 1.95. The Labute approximate surface area is 174 Å². The molecule has 6 nitrogen and oxygen atoms in total. The predicted molar refractivity (Wildman–Crippen MR) is 125 cm³/mol. The normalized spacial score (nSPS) is 8.50. The van der Waals surface area contributed by atoms with Gasteiger partial charge in [0.05, 0.1) is 0 Å². The molecule has 0 aromatic heterocycles. The highest BCUT2D eigenvalue weighted by atomic mass is 32.2. The molecule has 28 heavy (non-hydrogen) atoms. The number of hydrogen-bond acceptors (Lipinski definition) is 3. The summed E-state index contributed by atoms with van der Waals surface area (Å²) in [5, 5.41) is 12.0. The summed E-state index contributed by atoms with van der Waals surface area (Å²) in [6.45, 7) is 0.740. The summed E-state index contributed by atoms with van der Waals surface area (Å²) < 4.78 is 0. The molecular weight excluding hydrogens is 370 g/mol. The van der Waals surface area contributed by atoms with Crippen LogP contribution in [0.4, 0.5) is 0 Å². The molecule has 0 fully saturated rings. The van der Waals surface area contributed by atoms with Gasteiger partial charge in [-0.25, -0.2) is 0 Å². The van der Waals surface area contributed by atoms with Crippen LogP contribution >= 0.6 is 11.8 Å².